The predicted molar refractivity (Wildman–Crippen MR) is 75.1 cm³/mol. The molecule has 0 bridgehead atoms. The van der Waals surface area contributed by atoms with Crippen molar-refractivity contribution in [2.24, 2.45) is 13.0 Å². The molecular formula is C14H25N3O2. The SMILES string of the molecule is Cc1nn(C)c(C)c1C(=O)NCC(C)(O)CC(C)C. The Morgan fingerprint density at radius 1 is 1.47 bits per heavy atom. The summed E-state index contributed by atoms with van der Waals surface area (Å²) in [4.78, 5) is 12.2. The van der Waals surface area contributed by atoms with E-state index in [2.05, 4.69) is 10.4 Å². The fourth-order valence-electron chi connectivity index (χ4n) is 2.41. The van der Waals surface area contributed by atoms with Gasteiger partial charge < -0.3 is 10.4 Å². The van der Waals surface area contributed by atoms with Crippen molar-refractivity contribution < 1.29 is 9.90 Å². The van der Waals surface area contributed by atoms with Crippen LogP contribution in [0.5, 0.6) is 0 Å². The van der Waals surface area contributed by atoms with Crippen molar-refractivity contribution in [1.82, 2.24) is 15.1 Å². The molecule has 1 heterocycles. The van der Waals surface area contributed by atoms with Crippen LogP contribution in [0.3, 0.4) is 0 Å². The van der Waals surface area contributed by atoms with Crippen LogP contribution in [-0.2, 0) is 7.05 Å². The van der Waals surface area contributed by atoms with Crippen LogP contribution in [0.2, 0.25) is 0 Å². The van der Waals surface area contributed by atoms with Crippen molar-refractivity contribution in [3.05, 3.63) is 17.0 Å². The summed E-state index contributed by atoms with van der Waals surface area (Å²) in [6.07, 6.45) is 0.651. The summed E-state index contributed by atoms with van der Waals surface area (Å²) in [5.74, 6) is 0.209. The lowest BCUT2D eigenvalue weighted by Gasteiger charge is -2.25. The molecule has 1 rings (SSSR count). The second kappa shape index (κ2) is 5.74. The molecule has 0 saturated carbocycles. The average Bonchev–Trinajstić information content (AvgIpc) is 2.48. The molecule has 0 aliphatic rings. The lowest BCUT2D eigenvalue weighted by molar-refractivity contribution is 0.0368. The van der Waals surface area contributed by atoms with E-state index in [-0.39, 0.29) is 12.5 Å². The van der Waals surface area contributed by atoms with E-state index < -0.39 is 5.60 Å². The van der Waals surface area contributed by atoms with Crippen molar-refractivity contribution in [2.45, 2.75) is 46.6 Å². The first-order valence-corrected chi connectivity index (χ1v) is 6.65. The molecule has 19 heavy (non-hydrogen) atoms. The minimum absolute atomic E-state index is 0.174. The molecular weight excluding hydrogens is 242 g/mol. The van der Waals surface area contributed by atoms with Crippen LogP contribution in [-0.4, -0.2) is 32.9 Å². The molecule has 0 fully saturated rings. The van der Waals surface area contributed by atoms with E-state index in [1.165, 1.54) is 0 Å². The maximum Gasteiger partial charge on any atom is 0.255 e. The summed E-state index contributed by atoms with van der Waals surface area (Å²) in [6, 6.07) is 0. The molecule has 0 aromatic carbocycles. The number of nitrogens with one attached hydrogen (secondary N) is 1. The number of hydrogen-bond donors (Lipinski definition) is 2. The molecule has 1 aromatic heterocycles. The van der Waals surface area contributed by atoms with Crippen molar-refractivity contribution >= 4 is 5.91 Å². The number of carbonyl (C=O) groups is 1. The first-order valence-electron chi connectivity index (χ1n) is 6.65. The molecule has 0 radical (unpaired) electrons. The predicted octanol–water partition coefficient (Wildman–Crippen LogP) is 1.56. The van der Waals surface area contributed by atoms with Crippen LogP contribution in [0.25, 0.3) is 0 Å². The van der Waals surface area contributed by atoms with Gasteiger partial charge in [-0.1, -0.05) is 13.8 Å². The van der Waals surface area contributed by atoms with E-state index in [9.17, 15) is 9.90 Å². The maximum atomic E-state index is 12.2. The van der Waals surface area contributed by atoms with Gasteiger partial charge in [0, 0.05) is 19.3 Å². The third kappa shape index (κ3) is 4.06. The Bertz CT molecular complexity index is 462. The summed E-state index contributed by atoms with van der Waals surface area (Å²) >= 11 is 0. The van der Waals surface area contributed by atoms with Gasteiger partial charge in [-0.2, -0.15) is 5.10 Å². The average molecular weight is 267 g/mol. The minimum atomic E-state index is -0.881. The zero-order valence-electron chi connectivity index (χ0n) is 12.7. The number of rotatable bonds is 5. The molecule has 0 aliphatic carbocycles. The van der Waals surface area contributed by atoms with Gasteiger partial charge in [-0.05, 0) is 33.1 Å². The topological polar surface area (TPSA) is 67.2 Å². The van der Waals surface area contributed by atoms with E-state index >= 15 is 0 Å². The lowest BCUT2D eigenvalue weighted by Crippen LogP contribution is -2.41. The normalized spacial score (nSPS) is 14.5. The van der Waals surface area contributed by atoms with E-state index in [1.54, 1.807) is 11.6 Å². The monoisotopic (exact) mass is 267 g/mol. The Morgan fingerprint density at radius 2 is 2.05 bits per heavy atom. The van der Waals surface area contributed by atoms with Gasteiger partial charge in [0.15, 0.2) is 0 Å². The quantitative estimate of drug-likeness (QED) is 0.851. The van der Waals surface area contributed by atoms with Crippen molar-refractivity contribution in [2.75, 3.05) is 6.54 Å². The van der Waals surface area contributed by atoms with Crippen LogP contribution < -0.4 is 5.32 Å². The molecule has 0 aliphatic heterocycles. The van der Waals surface area contributed by atoms with E-state index in [4.69, 9.17) is 0 Å². The lowest BCUT2D eigenvalue weighted by atomic mass is 9.94. The number of carbonyl (C=O) groups excluding carboxylic acids is 1. The Kier molecular flexibility index (Phi) is 4.74. The largest absolute Gasteiger partial charge is 0.388 e. The minimum Gasteiger partial charge on any atom is -0.388 e. The number of amides is 1. The summed E-state index contributed by atoms with van der Waals surface area (Å²) in [5.41, 5.74) is 1.26. The van der Waals surface area contributed by atoms with Gasteiger partial charge in [0.25, 0.3) is 5.91 Å². The maximum absolute atomic E-state index is 12.2. The fourth-order valence-corrected chi connectivity index (χ4v) is 2.41. The van der Waals surface area contributed by atoms with Crippen LogP contribution in [0, 0.1) is 19.8 Å². The Morgan fingerprint density at radius 3 is 2.47 bits per heavy atom. The molecule has 1 amide bonds. The molecule has 1 atom stereocenters. The Hall–Kier alpha value is -1.36. The molecule has 2 N–H and O–H groups in total. The zero-order chi connectivity index (χ0) is 14.8. The van der Waals surface area contributed by atoms with Crippen molar-refractivity contribution in [3.63, 3.8) is 0 Å². The van der Waals surface area contributed by atoms with Gasteiger partial charge in [0.1, 0.15) is 0 Å². The van der Waals surface area contributed by atoms with Gasteiger partial charge in [-0.3, -0.25) is 9.48 Å². The molecule has 1 aromatic rings. The highest BCUT2D eigenvalue weighted by Crippen LogP contribution is 2.16. The third-order valence-corrected chi connectivity index (χ3v) is 3.21. The van der Waals surface area contributed by atoms with Gasteiger partial charge >= 0.3 is 0 Å². The van der Waals surface area contributed by atoms with Crippen molar-refractivity contribution in [3.8, 4) is 0 Å². The van der Waals surface area contributed by atoms with Gasteiger partial charge in [0.2, 0.25) is 0 Å². The second-order valence-electron chi connectivity index (χ2n) is 5.95. The summed E-state index contributed by atoms with van der Waals surface area (Å²) in [5, 5.41) is 17.2. The van der Waals surface area contributed by atoms with Crippen LogP contribution in [0.1, 0.15) is 48.9 Å². The molecule has 5 nitrogen and oxygen atoms in total. The van der Waals surface area contributed by atoms with Gasteiger partial charge in [0.05, 0.1) is 16.9 Å². The number of nitrogens with zero attached hydrogens (tertiary/aromatic N) is 2. The highest BCUT2D eigenvalue weighted by Gasteiger charge is 2.24. The van der Waals surface area contributed by atoms with Crippen LogP contribution in [0.15, 0.2) is 0 Å². The molecule has 5 heteroatoms. The van der Waals surface area contributed by atoms with Crippen LogP contribution >= 0.6 is 0 Å². The molecule has 1 unspecified atom stereocenters. The van der Waals surface area contributed by atoms with Gasteiger partial charge in [-0.15, -0.1) is 0 Å². The Labute approximate surface area is 115 Å². The first kappa shape index (κ1) is 15.7. The zero-order valence-corrected chi connectivity index (χ0v) is 12.7. The number of hydrogen-bond acceptors (Lipinski definition) is 3. The Balaban J connectivity index is 2.71. The highest BCUT2D eigenvalue weighted by atomic mass is 16.3. The highest BCUT2D eigenvalue weighted by molar-refractivity contribution is 5.96. The van der Waals surface area contributed by atoms with E-state index in [1.807, 2.05) is 34.7 Å². The molecule has 0 saturated heterocycles. The summed E-state index contributed by atoms with van der Waals surface area (Å²) < 4.78 is 1.69. The standard InChI is InChI=1S/C14H25N3O2/c1-9(2)7-14(5,19)8-15-13(18)12-10(3)16-17(6)11(12)4/h9,19H,7-8H2,1-6H3,(H,15,18). The summed E-state index contributed by atoms with van der Waals surface area (Å²) in [6.45, 7) is 9.76. The number of aromatic nitrogens is 2. The summed E-state index contributed by atoms with van der Waals surface area (Å²) in [7, 11) is 1.81. The van der Waals surface area contributed by atoms with Crippen LogP contribution in [0.4, 0.5) is 0 Å². The second-order valence-corrected chi connectivity index (χ2v) is 5.95. The van der Waals surface area contributed by atoms with Gasteiger partial charge in [-0.25, -0.2) is 0 Å². The molecule has 108 valence electrons. The smallest absolute Gasteiger partial charge is 0.255 e. The first-order chi connectivity index (χ1) is 8.64. The third-order valence-electron chi connectivity index (χ3n) is 3.21. The fraction of sp³-hybridized carbons (Fsp3) is 0.714. The van der Waals surface area contributed by atoms with Crippen molar-refractivity contribution in [1.29, 1.82) is 0 Å². The number of aryl methyl sites for hydroxylation is 2. The van der Waals surface area contributed by atoms with E-state index in [0.29, 0.717) is 23.6 Å². The number of aliphatic hydroxyl groups is 1. The molecule has 0 spiro atoms. The van der Waals surface area contributed by atoms with E-state index in [0.717, 1.165) is 5.69 Å².